The van der Waals surface area contributed by atoms with E-state index in [2.05, 4.69) is 46.3 Å². The lowest BCUT2D eigenvalue weighted by atomic mass is 10.0. The van der Waals surface area contributed by atoms with Crippen LogP contribution < -0.4 is 4.90 Å². The molecule has 1 fully saturated rings. The molecule has 0 atom stereocenters. The predicted octanol–water partition coefficient (Wildman–Crippen LogP) is 3.77. The summed E-state index contributed by atoms with van der Waals surface area (Å²) in [6, 6.07) is 18.9. The first-order valence-corrected chi connectivity index (χ1v) is 8.29. The molecule has 0 saturated carbocycles. The van der Waals surface area contributed by atoms with Gasteiger partial charge in [-0.25, -0.2) is 4.98 Å². The van der Waals surface area contributed by atoms with Gasteiger partial charge in [0.15, 0.2) is 12.2 Å². The Morgan fingerprint density at radius 2 is 1.67 bits per heavy atom. The average Bonchev–Trinajstić information content (AvgIpc) is 3.11. The van der Waals surface area contributed by atoms with E-state index >= 15 is 0 Å². The van der Waals surface area contributed by atoms with Crippen LogP contribution in [0.15, 0.2) is 65.4 Å². The van der Waals surface area contributed by atoms with Crippen molar-refractivity contribution in [3.63, 3.8) is 0 Å². The second-order valence-electron chi connectivity index (χ2n) is 5.94. The molecule has 0 spiro atoms. The molecular weight excluding hydrogens is 300 g/mol. The number of oxazole rings is 1. The maximum atomic E-state index is 5.66. The van der Waals surface area contributed by atoms with E-state index in [1.165, 1.54) is 17.6 Å². The Morgan fingerprint density at radius 1 is 0.917 bits per heavy atom. The smallest absolute Gasteiger partial charge is 0.181 e. The van der Waals surface area contributed by atoms with Crippen LogP contribution in [0, 0.1) is 0 Å². The molecule has 1 aliphatic heterocycles. The van der Waals surface area contributed by atoms with Crippen LogP contribution in [0.3, 0.4) is 0 Å². The van der Waals surface area contributed by atoms with Crippen LogP contribution in [0.2, 0.25) is 0 Å². The Balaban J connectivity index is 1.55. The van der Waals surface area contributed by atoms with Gasteiger partial charge in [-0.3, -0.25) is 0 Å². The largest absolute Gasteiger partial charge is 0.443 e. The number of morpholine rings is 1. The third-order valence-corrected chi connectivity index (χ3v) is 4.36. The molecule has 122 valence electrons. The molecule has 3 aromatic rings. The standard InChI is InChI=1S/C20H20N2O2/c1-2-4-16(5-3-1)14-19-20(24-15-21-19)17-6-8-18(9-7-17)22-10-12-23-13-11-22/h1-9,15H,10-14H2. The molecule has 4 nitrogen and oxygen atoms in total. The Labute approximate surface area is 141 Å². The Hall–Kier alpha value is -2.59. The first kappa shape index (κ1) is 15.0. The van der Waals surface area contributed by atoms with Gasteiger partial charge in [0.05, 0.1) is 18.9 Å². The van der Waals surface area contributed by atoms with Gasteiger partial charge < -0.3 is 14.1 Å². The summed E-state index contributed by atoms with van der Waals surface area (Å²) in [6.45, 7) is 3.48. The first-order valence-electron chi connectivity index (χ1n) is 8.29. The summed E-state index contributed by atoms with van der Waals surface area (Å²) >= 11 is 0. The van der Waals surface area contributed by atoms with Gasteiger partial charge in [0.2, 0.25) is 0 Å². The average molecular weight is 320 g/mol. The molecule has 0 N–H and O–H groups in total. The van der Waals surface area contributed by atoms with Crippen LogP contribution in [0.25, 0.3) is 11.3 Å². The normalized spacial score (nSPS) is 14.8. The molecule has 1 aliphatic rings. The highest BCUT2D eigenvalue weighted by Crippen LogP contribution is 2.27. The van der Waals surface area contributed by atoms with Crippen LogP contribution >= 0.6 is 0 Å². The van der Waals surface area contributed by atoms with Crippen LogP contribution in [-0.2, 0) is 11.2 Å². The number of benzene rings is 2. The molecule has 4 rings (SSSR count). The Kier molecular flexibility index (Phi) is 4.30. The summed E-state index contributed by atoms with van der Waals surface area (Å²) in [5, 5.41) is 0. The van der Waals surface area contributed by atoms with Crippen molar-refractivity contribution in [1.29, 1.82) is 0 Å². The van der Waals surface area contributed by atoms with Crippen LogP contribution in [0.5, 0.6) is 0 Å². The molecule has 0 bridgehead atoms. The van der Waals surface area contributed by atoms with Crippen LogP contribution in [0.4, 0.5) is 5.69 Å². The summed E-state index contributed by atoms with van der Waals surface area (Å²) in [7, 11) is 0. The van der Waals surface area contributed by atoms with Crippen LogP contribution in [0.1, 0.15) is 11.3 Å². The lowest BCUT2D eigenvalue weighted by Gasteiger charge is -2.28. The topological polar surface area (TPSA) is 38.5 Å². The van der Waals surface area contributed by atoms with Crippen molar-refractivity contribution in [2.75, 3.05) is 31.2 Å². The SMILES string of the molecule is c1ccc(Cc2ncoc2-c2ccc(N3CCOCC3)cc2)cc1. The fraction of sp³-hybridized carbons (Fsp3) is 0.250. The first-order chi connectivity index (χ1) is 11.9. The summed E-state index contributed by atoms with van der Waals surface area (Å²) in [6.07, 6.45) is 2.31. The molecule has 1 aromatic heterocycles. The van der Waals surface area contributed by atoms with Gasteiger partial charge in [0, 0.05) is 30.8 Å². The molecular formula is C20H20N2O2. The molecule has 24 heavy (non-hydrogen) atoms. The van der Waals surface area contributed by atoms with E-state index in [1.807, 2.05) is 18.2 Å². The van der Waals surface area contributed by atoms with Gasteiger partial charge >= 0.3 is 0 Å². The number of hydrogen-bond acceptors (Lipinski definition) is 4. The zero-order valence-corrected chi connectivity index (χ0v) is 13.5. The zero-order valence-electron chi connectivity index (χ0n) is 13.5. The maximum absolute atomic E-state index is 5.66. The van der Waals surface area contributed by atoms with Crippen molar-refractivity contribution < 1.29 is 9.15 Å². The molecule has 2 aromatic carbocycles. The van der Waals surface area contributed by atoms with Gasteiger partial charge in [-0.1, -0.05) is 30.3 Å². The summed E-state index contributed by atoms with van der Waals surface area (Å²) < 4.78 is 11.1. The van der Waals surface area contributed by atoms with Gasteiger partial charge in [-0.2, -0.15) is 0 Å². The maximum Gasteiger partial charge on any atom is 0.181 e. The Morgan fingerprint density at radius 3 is 2.42 bits per heavy atom. The van der Waals surface area contributed by atoms with Crippen molar-refractivity contribution in [2.45, 2.75) is 6.42 Å². The third-order valence-electron chi connectivity index (χ3n) is 4.36. The van der Waals surface area contributed by atoms with E-state index < -0.39 is 0 Å². The predicted molar refractivity (Wildman–Crippen MR) is 94.2 cm³/mol. The molecule has 0 unspecified atom stereocenters. The van der Waals surface area contributed by atoms with Crippen molar-refractivity contribution >= 4 is 5.69 Å². The van der Waals surface area contributed by atoms with Crippen molar-refractivity contribution in [1.82, 2.24) is 4.98 Å². The van der Waals surface area contributed by atoms with Crippen molar-refractivity contribution in [2.24, 2.45) is 0 Å². The van der Waals surface area contributed by atoms with Gasteiger partial charge in [0.25, 0.3) is 0 Å². The van der Waals surface area contributed by atoms with E-state index in [9.17, 15) is 0 Å². The number of ether oxygens (including phenoxy) is 1. The third kappa shape index (κ3) is 3.19. The quantitative estimate of drug-likeness (QED) is 0.733. The molecule has 0 amide bonds. The molecule has 0 aliphatic carbocycles. The molecule has 2 heterocycles. The summed E-state index contributed by atoms with van der Waals surface area (Å²) in [5.41, 5.74) is 4.50. The van der Waals surface area contributed by atoms with E-state index in [4.69, 9.17) is 9.15 Å². The van der Waals surface area contributed by atoms with Crippen LogP contribution in [-0.4, -0.2) is 31.3 Å². The number of rotatable bonds is 4. The lowest BCUT2D eigenvalue weighted by Crippen LogP contribution is -2.36. The minimum Gasteiger partial charge on any atom is -0.443 e. The fourth-order valence-corrected chi connectivity index (χ4v) is 3.06. The highest BCUT2D eigenvalue weighted by atomic mass is 16.5. The second kappa shape index (κ2) is 6.89. The zero-order chi connectivity index (χ0) is 16.2. The molecule has 0 radical (unpaired) electrons. The number of aromatic nitrogens is 1. The van der Waals surface area contributed by atoms with Gasteiger partial charge in [0.1, 0.15) is 0 Å². The fourth-order valence-electron chi connectivity index (χ4n) is 3.06. The van der Waals surface area contributed by atoms with Crippen molar-refractivity contribution in [3.05, 3.63) is 72.2 Å². The van der Waals surface area contributed by atoms with Gasteiger partial charge in [-0.05, 0) is 29.8 Å². The summed E-state index contributed by atoms with van der Waals surface area (Å²) in [4.78, 5) is 6.75. The molecule has 4 heteroatoms. The molecule has 1 saturated heterocycles. The minimum absolute atomic E-state index is 0.776. The summed E-state index contributed by atoms with van der Waals surface area (Å²) in [5.74, 6) is 0.854. The van der Waals surface area contributed by atoms with E-state index in [0.717, 1.165) is 49.7 Å². The van der Waals surface area contributed by atoms with Gasteiger partial charge in [-0.15, -0.1) is 0 Å². The highest BCUT2D eigenvalue weighted by Gasteiger charge is 2.14. The highest BCUT2D eigenvalue weighted by molar-refractivity contribution is 5.64. The lowest BCUT2D eigenvalue weighted by molar-refractivity contribution is 0.122. The van der Waals surface area contributed by atoms with E-state index in [1.54, 1.807) is 0 Å². The number of nitrogens with zero attached hydrogens (tertiary/aromatic N) is 2. The number of hydrogen-bond donors (Lipinski definition) is 0. The Bertz CT molecular complexity index is 775. The minimum atomic E-state index is 0.776. The number of anilines is 1. The van der Waals surface area contributed by atoms with E-state index in [0.29, 0.717) is 0 Å². The monoisotopic (exact) mass is 320 g/mol. The van der Waals surface area contributed by atoms with E-state index in [-0.39, 0.29) is 0 Å². The van der Waals surface area contributed by atoms with Crippen molar-refractivity contribution in [3.8, 4) is 11.3 Å². The second-order valence-corrected chi connectivity index (χ2v) is 5.94.